The van der Waals surface area contributed by atoms with Gasteiger partial charge in [0, 0.05) is 5.39 Å². The lowest BCUT2D eigenvalue weighted by atomic mass is 9.88. The maximum absolute atomic E-state index is 13.8. The van der Waals surface area contributed by atoms with Crippen molar-refractivity contribution < 1.29 is 23.7 Å². The highest BCUT2D eigenvalue weighted by Gasteiger charge is 2.17. The Morgan fingerprint density at radius 3 is 2.50 bits per heavy atom. The summed E-state index contributed by atoms with van der Waals surface area (Å²) in [7, 11) is -1.68. The van der Waals surface area contributed by atoms with Gasteiger partial charge in [0.2, 0.25) is 6.41 Å². The molecule has 0 radical (unpaired) electrons. The topological polar surface area (TPSA) is 82.7 Å². The number of hydrogen-bond donors (Lipinski definition) is 3. The van der Waals surface area contributed by atoms with Crippen molar-refractivity contribution in [2.75, 3.05) is 5.32 Å². The molecular weight excluding hydrogens is 288 g/mol. The molecule has 3 N–H and O–H groups in total. The molecule has 0 unspecified atom stereocenters. The van der Waals surface area contributed by atoms with Crippen molar-refractivity contribution in [3.05, 3.63) is 48.3 Å². The van der Waals surface area contributed by atoms with Crippen LogP contribution in [0.4, 0.5) is 10.1 Å². The van der Waals surface area contributed by atoms with Gasteiger partial charge in [0.15, 0.2) is 0 Å². The average Bonchev–Trinajstić information content (AvgIpc) is 2.93. The summed E-state index contributed by atoms with van der Waals surface area (Å²) in [6.45, 7) is 0. The van der Waals surface area contributed by atoms with Crippen molar-refractivity contribution in [3.63, 3.8) is 0 Å². The lowest BCUT2D eigenvalue weighted by Crippen LogP contribution is -2.27. The van der Waals surface area contributed by atoms with E-state index in [2.05, 4.69) is 5.32 Å². The number of fused-ring (bicyclic) bond motifs is 1. The minimum absolute atomic E-state index is 0.0452. The van der Waals surface area contributed by atoms with Gasteiger partial charge < -0.3 is 19.8 Å². The highest BCUT2D eigenvalue weighted by molar-refractivity contribution is 6.57. The Bertz CT molecular complexity index is 847. The summed E-state index contributed by atoms with van der Waals surface area (Å²) >= 11 is 0. The van der Waals surface area contributed by atoms with Crippen molar-refractivity contribution in [1.29, 1.82) is 0 Å². The first-order valence-corrected chi connectivity index (χ1v) is 6.48. The van der Waals surface area contributed by atoms with E-state index in [1.807, 2.05) is 0 Å². The zero-order chi connectivity index (χ0) is 15.7. The third kappa shape index (κ3) is 2.59. The van der Waals surface area contributed by atoms with Gasteiger partial charge in [-0.3, -0.25) is 4.79 Å². The number of rotatable bonds is 4. The summed E-state index contributed by atoms with van der Waals surface area (Å²) in [5.41, 5.74) is 2.02. The van der Waals surface area contributed by atoms with E-state index in [9.17, 15) is 9.18 Å². The number of anilines is 1. The zero-order valence-electron chi connectivity index (χ0n) is 11.3. The molecule has 0 aliphatic rings. The van der Waals surface area contributed by atoms with Gasteiger partial charge in [0.1, 0.15) is 17.1 Å². The highest BCUT2D eigenvalue weighted by atomic mass is 19.1. The van der Waals surface area contributed by atoms with Gasteiger partial charge in [0.05, 0.1) is 5.69 Å². The summed E-state index contributed by atoms with van der Waals surface area (Å²) in [6.07, 6.45) is 0.414. The highest BCUT2D eigenvalue weighted by Crippen LogP contribution is 2.27. The molecule has 1 amide bonds. The molecule has 22 heavy (non-hydrogen) atoms. The SMILES string of the molecule is O=CNc1ccc(-c2ccc3oc(B(O)O)cc3c2)cc1F. The number of amides is 1. The molecule has 0 aliphatic heterocycles. The molecule has 3 rings (SSSR count). The van der Waals surface area contributed by atoms with Crippen molar-refractivity contribution in [3.8, 4) is 11.1 Å². The van der Waals surface area contributed by atoms with Crippen LogP contribution in [0.3, 0.4) is 0 Å². The van der Waals surface area contributed by atoms with Gasteiger partial charge in [-0.15, -0.1) is 0 Å². The van der Waals surface area contributed by atoms with Gasteiger partial charge in [-0.05, 0) is 41.5 Å². The Balaban J connectivity index is 2.02. The number of carbonyl (C=O) groups is 1. The minimum atomic E-state index is -1.68. The fourth-order valence-corrected chi connectivity index (χ4v) is 2.25. The number of carbonyl (C=O) groups excluding carboxylic acids is 1. The number of furan rings is 1. The van der Waals surface area contributed by atoms with Gasteiger partial charge >= 0.3 is 7.12 Å². The van der Waals surface area contributed by atoms with Gasteiger partial charge in [-0.2, -0.15) is 0 Å². The molecule has 0 fully saturated rings. The van der Waals surface area contributed by atoms with E-state index >= 15 is 0 Å². The van der Waals surface area contributed by atoms with E-state index in [1.165, 1.54) is 18.2 Å². The molecule has 0 saturated heterocycles. The Morgan fingerprint density at radius 2 is 1.82 bits per heavy atom. The lowest BCUT2D eigenvalue weighted by Gasteiger charge is -2.05. The largest absolute Gasteiger partial charge is 0.526 e. The van der Waals surface area contributed by atoms with E-state index in [-0.39, 0.29) is 11.3 Å². The second-order valence-corrected chi connectivity index (χ2v) is 4.73. The third-order valence-electron chi connectivity index (χ3n) is 3.31. The smallest absolute Gasteiger partial charge is 0.465 e. The van der Waals surface area contributed by atoms with E-state index < -0.39 is 12.9 Å². The number of hydrogen-bond acceptors (Lipinski definition) is 4. The standard InChI is InChI=1S/C15H11BFNO4/c17-12-6-10(1-3-13(12)18-8-19)9-2-4-14-11(5-9)7-15(22-14)16(20)21/h1-8,20-21H,(H,18,19). The Kier molecular flexibility index (Phi) is 3.66. The van der Waals surface area contributed by atoms with Crippen LogP contribution in [0.25, 0.3) is 22.1 Å². The fraction of sp³-hybridized carbons (Fsp3) is 0. The lowest BCUT2D eigenvalue weighted by molar-refractivity contribution is -0.105. The summed E-state index contributed by atoms with van der Waals surface area (Å²) in [5, 5.41) is 21.2. The van der Waals surface area contributed by atoms with E-state index in [0.29, 0.717) is 22.9 Å². The Morgan fingerprint density at radius 1 is 1.09 bits per heavy atom. The van der Waals surface area contributed by atoms with Crippen LogP contribution < -0.4 is 11.0 Å². The van der Waals surface area contributed by atoms with Crippen molar-refractivity contribution in [2.24, 2.45) is 0 Å². The fourth-order valence-electron chi connectivity index (χ4n) is 2.25. The van der Waals surface area contributed by atoms with Gasteiger partial charge in [0.25, 0.3) is 0 Å². The van der Waals surface area contributed by atoms with Crippen LogP contribution in [0.2, 0.25) is 0 Å². The summed E-state index contributed by atoms with van der Waals surface area (Å²) in [6, 6.07) is 11.1. The van der Waals surface area contributed by atoms with Crippen LogP contribution >= 0.6 is 0 Å². The second kappa shape index (κ2) is 5.63. The first-order chi connectivity index (χ1) is 10.6. The van der Waals surface area contributed by atoms with Gasteiger partial charge in [-0.25, -0.2) is 4.39 Å². The van der Waals surface area contributed by atoms with E-state index in [0.717, 1.165) is 5.56 Å². The average molecular weight is 299 g/mol. The van der Waals surface area contributed by atoms with Crippen LogP contribution in [0.5, 0.6) is 0 Å². The van der Waals surface area contributed by atoms with Crippen molar-refractivity contribution >= 4 is 35.8 Å². The van der Waals surface area contributed by atoms with Crippen LogP contribution in [0, 0.1) is 5.82 Å². The van der Waals surface area contributed by atoms with Crippen LogP contribution in [0.15, 0.2) is 46.9 Å². The number of nitrogens with one attached hydrogen (secondary N) is 1. The maximum atomic E-state index is 13.8. The summed E-state index contributed by atoms with van der Waals surface area (Å²) < 4.78 is 19.1. The Hall–Kier alpha value is -2.64. The molecule has 2 aromatic carbocycles. The molecular formula is C15H11BFNO4. The first kappa shape index (κ1) is 14.3. The number of halogens is 1. The van der Waals surface area contributed by atoms with E-state index in [4.69, 9.17) is 14.5 Å². The second-order valence-electron chi connectivity index (χ2n) is 4.73. The maximum Gasteiger partial charge on any atom is 0.526 e. The van der Waals surface area contributed by atoms with Gasteiger partial charge in [-0.1, -0.05) is 12.1 Å². The molecule has 1 aromatic heterocycles. The van der Waals surface area contributed by atoms with Crippen molar-refractivity contribution in [1.82, 2.24) is 0 Å². The molecule has 0 aliphatic carbocycles. The predicted molar refractivity (Wildman–Crippen MR) is 81.1 cm³/mol. The molecule has 5 nitrogen and oxygen atoms in total. The zero-order valence-corrected chi connectivity index (χ0v) is 11.3. The quantitative estimate of drug-likeness (QED) is 0.503. The predicted octanol–water partition coefficient (Wildman–Crippen LogP) is 1.49. The molecule has 1 heterocycles. The van der Waals surface area contributed by atoms with E-state index in [1.54, 1.807) is 24.3 Å². The molecule has 0 atom stereocenters. The molecule has 110 valence electrons. The first-order valence-electron chi connectivity index (χ1n) is 6.48. The summed E-state index contributed by atoms with van der Waals surface area (Å²) in [4.78, 5) is 10.4. The van der Waals surface area contributed by atoms with Crippen LogP contribution in [-0.2, 0) is 4.79 Å². The normalized spacial score (nSPS) is 10.7. The molecule has 7 heteroatoms. The van der Waals surface area contributed by atoms with Crippen LogP contribution in [0.1, 0.15) is 0 Å². The van der Waals surface area contributed by atoms with Crippen LogP contribution in [-0.4, -0.2) is 23.6 Å². The molecule has 0 bridgehead atoms. The number of benzene rings is 2. The molecule has 3 aromatic rings. The summed E-state index contributed by atoms with van der Waals surface area (Å²) in [5.74, 6) is -0.539. The van der Waals surface area contributed by atoms with Crippen molar-refractivity contribution in [2.45, 2.75) is 0 Å². The Labute approximate surface area is 125 Å². The monoisotopic (exact) mass is 299 g/mol. The molecule has 0 saturated carbocycles. The molecule has 0 spiro atoms. The third-order valence-corrected chi connectivity index (χ3v) is 3.31. The minimum Gasteiger partial charge on any atom is -0.465 e.